The Hall–Kier alpha value is -0.0800. The zero-order valence-corrected chi connectivity index (χ0v) is 13.1. The van der Waals surface area contributed by atoms with Crippen molar-refractivity contribution in [2.24, 2.45) is 17.8 Å². The van der Waals surface area contributed by atoms with E-state index < -0.39 is 0 Å². The molecule has 3 atom stereocenters. The number of hydrogen-bond acceptors (Lipinski definition) is 2. The molecule has 0 amide bonds. The molecule has 1 N–H and O–H groups in total. The van der Waals surface area contributed by atoms with Gasteiger partial charge >= 0.3 is 0 Å². The van der Waals surface area contributed by atoms with Crippen molar-refractivity contribution in [3.8, 4) is 0 Å². The van der Waals surface area contributed by atoms with Crippen LogP contribution in [0.5, 0.6) is 0 Å². The van der Waals surface area contributed by atoms with Crippen molar-refractivity contribution in [3.63, 3.8) is 0 Å². The van der Waals surface area contributed by atoms with Gasteiger partial charge in [0.05, 0.1) is 0 Å². The molecule has 1 aliphatic carbocycles. The van der Waals surface area contributed by atoms with Crippen LogP contribution in [0.25, 0.3) is 0 Å². The van der Waals surface area contributed by atoms with E-state index in [9.17, 15) is 0 Å². The molecule has 1 rings (SSSR count). The lowest BCUT2D eigenvalue weighted by atomic mass is 9.79. The second kappa shape index (κ2) is 7.49. The summed E-state index contributed by atoms with van der Waals surface area (Å²) in [7, 11) is 1.83. The SMILES string of the molecule is COCC(C)C1CCCCCC1CNC(C)(C)C. The first-order valence-electron chi connectivity index (χ1n) is 7.68. The van der Waals surface area contributed by atoms with Crippen LogP contribution in [-0.4, -0.2) is 25.8 Å². The van der Waals surface area contributed by atoms with E-state index in [-0.39, 0.29) is 5.54 Å². The topological polar surface area (TPSA) is 21.3 Å². The molecule has 0 bridgehead atoms. The van der Waals surface area contributed by atoms with Crippen molar-refractivity contribution < 1.29 is 4.74 Å². The van der Waals surface area contributed by atoms with Crippen molar-refractivity contribution in [2.45, 2.75) is 65.3 Å². The molecule has 2 heteroatoms. The summed E-state index contributed by atoms with van der Waals surface area (Å²) < 4.78 is 5.37. The van der Waals surface area contributed by atoms with Crippen LogP contribution in [-0.2, 0) is 4.74 Å². The smallest absolute Gasteiger partial charge is 0.0490 e. The standard InChI is InChI=1S/C16H33NO/c1-13(12-18-5)15-10-8-6-7-9-14(15)11-17-16(2,3)4/h13-15,17H,6-12H2,1-5H3. The highest BCUT2D eigenvalue weighted by molar-refractivity contribution is 4.82. The Morgan fingerprint density at radius 1 is 1.17 bits per heavy atom. The van der Waals surface area contributed by atoms with Gasteiger partial charge in [0.2, 0.25) is 0 Å². The molecule has 0 aromatic heterocycles. The maximum Gasteiger partial charge on any atom is 0.0490 e. The van der Waals surface area contributed by atoms with Crippen molar-refractivity contribution in [2.75, 3.05) is 20.3 Å². The Morgan fingerprint density at radius 2 is 1.83 bits per heavy atom. The first-order chi connectivity index (χ1) is 8.44. The summed E-state index contributed by atoms with van der Waals surface area (Å²) in [6.45, 7) is 11.2. The Morgan fingerprint density at radius 3 is 2.44 bits per heavy atom. The van der Waals surface area contributed by atoms with Crippen LogP contribution in [0.4, 0.5) is 0 Å². The van der Waals surface area contributed by atoms with Gasteiger partial charge in [-0.1, -0.05) is 26.2 Å². The number of methoxy groups -OCH3 is 1. The molecule has 3 unspecified atom stereocenters. The third-order valence-corrected chi connectivity index (χ3v) is 4.27. The van der Waals surface area contributed by atoms with Crippen LogP contribution in [0.1, 0.15) is 59.8 Å². The Balaban J connectivity index is 2.56. The number of rotatable bonds is 5. The summed E-state index contributed by atoms with van der Waals surface area (Å²) >= 11 is 0. The highest BCUT2D eigenvalue weighted by atomic mass is 16.5. The second-order valence-electron chi connectivity index (χ2n) is 7.13. The van der Waals surface area contributed by atoms with Gasteiger partial charge < -0.3 is 10.1 Å². The summed E-state index contributed by atoms with van der Waals surface area (Å²) in [5.74, 6) is 2.36. The van der Waals surface area contributed by atoms with Crippen LogP contribution < -0.4 is 5.32 Å². The second-order valence-corrected chi connectivity index (χ2v) is 7.13. The molecule has 0 spiro atoms. The monoisotopic (exact) mass is 255 g/mol. The van der Waals surface area contributed by atoms with Gasteiger partial charge in [0.15, 0.2) is 0 Å². The van der Waals surface area contributed by atoms with Crippen LogP contribution in [0.3, 0.4) is 0 Å². The lowest BCUT2D eigenvalue weighted by Gasteiger charge is -2.33. The molecule has 18 heavy (non-hydrogen) atoms. The Kier molecular flexibility index (Phi) is 6.65. The van der Waals surface area contributed by atoms with E-state index in [4.69, 9.17) is 4.74 Å². The predicted octanol–water partition coefficient (Wildman–Crippen LogP) is 3.85. The van der Waals surface area contributed by atoms with Crippen molar-refractivity contribution in [1.82, 2.24) is 5.32 Å². The van der Waals surface area contributed by atoms with Gasteiger partial charge in [0.1, 0.15) is 0 Å². The number of nitrogens with one attached hydrogen (secondary N) is 1. The summed E-state index contributed by atoms with van der Waals surface area (Å²) in [5, 5.41) is 3.71. The molecule has 1 saturated carbocycles. The van der Waals surface area contributed by atoms with E-state index in [2.05, 4.69) is 33.0 Å². The maximum absolute atomic E-state index is 5.37. The summed E-state index contributed by atoms with van der Waals surface area (Å²) in [6, 6.07) is 0. The summed E-state index contributed by atoms with van der Waals surface area (Å²) in [6.07, 6.45) is 7.02. The quantitative estimate of drug-likeness (QED) is 0.753. The lowest BCUT2D eigenvalue weighted by Crippen LogP contribution is -2.41. The van der Waals surface area contributed by atoms with E-state index in [0.29, 0.717) is 5.92 Å². The lowest BCUT2D eigenvalue weighted by molar-refractivity contribution is 0.0988. The van der Waals surface area contributed by atoms with Gasteiger partial charge in [0.25, 0.3) is 0 Å². The predicted molar refractivity (Wildman–Crippen MR) is 78.9 cm³/mol. The van der Waals surface area contributed by atoms with Gasteiger partial charge in [-0.3, -0.25) is 0 Å². The molecule has 0 aromatic carbocycles. The van der Waals surface area contributed by atoms with Crippen LogP contribution in [0.15, 0.2) is 0 Å². The molecule has 108 valence electrons. The Bertz CT molecular complexity index is 222. The van der Waals surface area contributed by atoms with Crippen LogP contribution >= 0.6 is 0 Å². The normalized spacial score (nSPS) is 27.8. The first-order valence-corrected chi connectivity index (χ1v) is 7.68. The summed E-state index contributed by atoms with van der Waals surface area (Å²) in [5.41, 5.74) is 0.237. The van der Waals surface area contributed by atoms with Crippen molar-refractivity contribution >= 4 is 0 Å². The third-order valence-electron chi connectivity index (χ3n) is 4.27. The van der Waals surface area contributed by atoms with E-state index in [0.717, 1.165) is 18.4 Å². The van der Waals surface area contributed by atoms with Gasteiger partial charge in [-0.25, -0.2) is 0 Å². The van der Waals surface area contributed by atoms with E-state index in [1.54, 1.807) is 0 Å². The molecule has 0 aliphatic heterocycles. The third kappa shape index (κ3) is 5.71. The fourth-order valence-corrected chi connectivity index (χ4v) is 3.24. The van der Waals surface area contributed by atoms with Crippen LogP contribution in [0.2, 0.25) is 0 Å². The molecule has 1 fully saturated rings. The largest absolute Gasteiger partial charge is 0.384 e. The van der Waals surface area contributed by atoms with E-state index >= 15 is 0 Å². The number of ether oxygens (including phenoxy) is 1. The van der Waals surface area contributed by atoms with E-state index in [1.165, 1.54) is 38.6 Å². The van der Waals surface area contributed by atoms with Crippen LogP contribution in [0, 0.1) is 17.8 Å². The molecule has 0 aromatic rings. The average molecular weight is 255 g/mol. The molecule has 0 heterocycles. The fourth-order valence-electron chi connectivity index (χ4n) is 3.24. The van der Waals surface area contributed by atoms with Crippen molar-refractivity contribution in [3.05, 3.63) is 0 Å². The average Bonchev–Trinajstić information content (AvgIpc) is 2.50. The molecule has 1 aliphatic rings. The maximum atomic E-state index is 5.37. The van der Waals surface area contributed by atoms with Gasteiger partial charge in [0, 0.05) is 19.3 Å². The molecule has 0 radical (unpaired) electrons. The molecular formula is C16H33NO. The van der Waals surface area contributed by atoms with Gasteiger partial charge in [-0.05, 0) is 57.9 Å². The minimum Gasteiger partial charge on any atom is -0.384 e. The number of hydrogen-bond donors (Lipinski definition) is 1. The van der Waals surface area contributed by atoms with Crippen molar-refractivity contribution in [1.29, 1.82) is 0 Å². The Labute approximate surface area is 114 Å². The molecule has 0 saturated heterocycles. The zero-order chi connectivity index (χ0) is 13.6. The molecular weight excluding hydrogens is 222 g/mol. The highest BCUT2D eigenvalue weighted by Gasteiger charge is 2.28. The zero-order valence-electron chi connectivity index (χ0n) is 13.1. The molecule has 2 nitrogen and oxygen atoms in total. The highest BCUT2D eigenvalue weighted by Crippen LogP contribution is 2.34. The minimum absolute atomic E-state index is 0.237. The minimum atomic E-state index is 0.237. The van der Waals surface area contributed by atoms with Gasteiger partial charge in [-0.2, -0.15) is 0 Å². The first kappa shape index (κ1) is 16.0. The van der Waals surface area contributed by atoms with Gasteiger partial charge in [-0.15, -0.1) is 0 Å². The van der Waals surface area contributed by atoms with E-state index in [1.807, 2.05) is 7.11 Å². The fraction of sp³-hybridized carbons (Fsp3) is 1.00. The summed E-state index contributed by atoms with van der Waals surface area (Å²) in [4.78, 5) is 0.